The van der Waals surface area contributed by atoms with Gasteiger partial charge in [-0.05, 0) is 26.3 Å². The van der Waals surface area contributed by atoms with Gasteiger partial charge in [0.1, 0.15) is 5.78 Å². The van der Waals surface area contributed by atoms with Crippen LogP contribution in [0.5, 0.6) is 0 Å². The minimum absolute atomic E-state index is 0.0498. The summed E-state index contributed by atoms with van der Waals surface area (Å²) in [7, 11) is 1.83. The first kappa shape index (κ1) is 8.72. The molecule has 0 aromatic heterocycles. The van der Waals surface area contributed by atoms with E-state index in [1.165, 1.54) is 12.8 Å². The van der Waals surface area contributed by atoms with E-state index in [2.05, 4.69) is 5.32 Å². The number of carbonyl (C=O) groups excluding carboxylic acids is 1. The Kier molecular flexibility index (Phi) is 3.06. The average Bonchev–Trinajstić information content (AvgIpc) is 2.81. The van der Waals surface area contributed by atoms with E-state index in [0.717, 1.165) is 18.8 Å². The zero-order chi connectivity index (χ0) is 8.27. The molecule has 0 amide bonds. The van der Waals surface area contributed by atoms with E-state index in [1.807, 2.05) is 14.0 Å². The van der Waals surface area contributed by atoms with Gasteiger partial charge >= 0.3 is 0 Å². The molecule has 0 bridgehead atoms. The Balaban J connectivity index is 2.08. The fourth-order valence-electron chi connectivity index (χ4n) is 1.13. The average molecular weight is 155 g/mol. The Morgan fingerprint density at radius 3 is 2.73 bits per heavy atom. The van der Waals surface area contributed by atoms with Crippen LogP contribution in [0.3, 0.4) is 0 Å². The van der Waals surface area contributed by atoms with Crippen molar-refractivity contribution in [3.8, 4) is 0 Å². The molecule has 1 aliphatic carbocycles. The quantitative estimate of drug-likeness (QED) is 0.649. The van der Waals surface area contributed by atoms with Crippen LogP contribution < -0.4 is 5.32 Å². The van der Waals surface area contributed by atoms with E-state index in [9.17, 15) is 4.79 Å². The van der Waals surface area contributed by atoms with Gasteiger partial charge in [0.25, 0.3) is 0 Å². The van der Waals surface area contributed by atoms with Crippen molar-refractivity contribution in [1.82, 2.24) is 5.32 Å². The van der Waals surface area contributed by atoms with Gasteiger partial charge in [0, 0.05) is 6.42 Å². The molecule has 0 radical (unpaired) electrons. The Morgan fingerprint density at radius 2 is 2.27 bits per heavy atom. The van der Waals surface area contributed by atoms with Crippen LogP contribution in [-0.4, -0.2) is 18.9 Å². The van der Waals surface area contributed by atoms with Gasteiger partial charge in [-0.3, -0.25) is 4.79 Å². The second-order valence-corrected chi connectivity index (χ2v) is 3.46. The normalized spacial score (nSPS) is 19.8. The van der Waals surface area contributed by atoms with Crippen LogP contribution in [0, 0.1) is 5.92 Å². The van der Waals surface area contributed by atoms with Gasteiger partial charge in [0.2, 0.25) is 0 Å². The molecule has 0 aromatic rings. The van der Waals surface area contributed by atoms with Crippen LogP contribution in [0.1, 0.15) is 32.6 Å². The minimum atomic E-state index is 0.0498. The van der Waals surface area contributed by atoms with Crippen molar-refractivity contribution in [2.24, 2.45) is 5.92 Å². The molecule has 1 N–H and O–H groups in total. The first-order valence-electron chi connectivity index (χ1n) is 4.44. The Labute approximate surface area is 68.4 Å². The molecule has 0 heterocycles. The fourth-order valence-corrected chi connectivity index (χ4v) is 1.13. The lowest BCUT2D eigenvalue weighted by Gasteiger charge is -2.07. The van der Waals surface area contributed by atoms with Crippen LogP contribution in [-0.2, 0) is 4.79 Å². The molecule has 1 atom stereocenters. The lowest BCUT2D eigenvalue weighted by molar-refractivity contribution is -0.120. The molecule has 2 heteroatoms. The van der Waals surface area contributed by atoms with E-state index in [0.29, 0.717) is 5.78 Å². The number of carbonyl (C=O) groups is 1. The van der Waals surface area contributed by atoms with Crippen molar-refractivity contribution in [2.75, 3.05) is 7.05 Å². The Hall–Kier alpha value is -0.370. The molecule has 1 aliphatic rings. The van der Waals surface area contributed by atoms with Gasteiger partial charge in [0.15, 0.2) is 0 Å². The van der Waals surface area contributed by atoms with E-state index >= 15 is 0 Å². The van der Waals surface area contributed by atoms with Gasteiger partial charge in [-0.1, -0.05) is 12.8 Å². The molecule has 2 nitrogen and oxygen atoms in total. The van der Waals surface area contributed by atoms with Crippen LogP contribution in [0.4, 0.5) is 0 Å². The molecule has 1 fully saturated rings. The zero-order valence-corrected chi connectivity index (χ0v) is 7.39. The SMILES string of the molecule is CN[C@@H](C)C(=O)CCC1CC1. The van der Waals surface area contributed by atoms with E-state index in [1.54, 1.807) is 0 Å². The molecule has 64 valence electrons. The predicted molar refractivity (Wildman–Crippen MR) is 45.5 cm³/mol. The number of nitrogens with one attached hydrogen (secondary N) is 1. The van der Waals surface area contributed by atoms with E-state index in [-0.39, 0.29) is 6.04 Å². The zero-order valence-electron chi connectivity index (χ0n) is 7.39. The summed E-state index contributed by atoms with van der Waals surface area (Å²) in [5.74, 6) is 1.24. The smallest absolute Gasteiger partial charge is 0.149 e. The molecule has 11 heavy (non-hydrogen) atoms. The molecule has 0 aliphatic heterocycles. The molecule has 0 aromatic carbocycles. The molecular weight excluding hydrogens is 138 g/mol. The van der Waals surface area contributed by atoms with Crippen molar-refractivity contribution in [3.63, 3.8) is 0 Å². The first-order chi connectivity index (χ1) is 5.24. The van der Waals surface area contributed by atoms with Gasteiger partial charge in [0.05, 0.1) is 6.04 Å². The van der Waals surface area contributed by atoms with Crippen molar-refractivity contribution in [1.29, 1.82) is 0 Å². The highest BCUT2D eigenvalue weighted by Gasteiger charge is 2.22. The van der Waals surface area contributed by atoms with Gasteiger partial charge in [-0.2, -0.15) is 0 Å². The largest absolute Gasteiger partial charge is 0.311 e. The minimum Gasteiger partial charge on any atom is -0.311 e. The summed E-state index contributed by atoms with van der Waals surface area (Å²) >= 11 is 0. The summed E-state index contributed by atoms with van der Waals surface area (Å²) in [6.45, 7) is 1.93. The summed E-state index contributed by atoms with van der Waals surface area (Å²) in [4.78, 5) is 11.2. The van der Waals surface area contributed by atoms with Crippen molar-refractivity contribution in [3.05, 3.63) is 0 Å². The maximum Gasteiger partial charge on any atom is 0.149 e. The maximum absolute atomic E-state index is 11.2. The lowest BCUT2D eigenvalue weighted by atomic mass is 10.1. The Bertz CT molecular complexity index is 140. The number of rotatable bonds is 5. The first-order valence-corrected chi connectivity index (χ1v) is 4.44. The molecule has 1 rings (SSSR count). The second-order valence-electron chi connectivity index (χ2n) is 3.46. The predicted octanol–water partition coefficient (Wildman–Crippen LogP) is 1.35. The highest BCUT2D eigenvalue weighted by atomic mass is 16.1. The van der Waals surface area contributed by atoms with Crippen LogP contribution >= 0.6 is 0 Å². The summed E-state index contributed by atoms with van der Waals surface area (Å²) in [5.41, 5.74) is 0. The summed E-state index contributed by atoms with van der Waals surface area (Å²) in [6, 6.07) is 0.0498. The highest BCUT2D eigenvalue weighted by Crippen LogP contribution is 2.33. The van der Waals surface area contributed by atoms with Gasteiger partial charge in [-0.25, -0.2) is 0 Å². The molecular formula is C9H17NO. The van der Waals surface area contributed by atoms with Crippen LogP contribution in [0.15, 0.2) is 0 Å². The van der Waals surface area contributed by atoms with Gasteiger partial charge in [-0.15, -0.1) is 0 Å². The third kappa shape index (κ3) is 3.02. The third-order valence-electron chi connectivity index (χ3n) is 2.41. The number of ketones is 1. The van der Waals surface area contributed by atoms with Crippen molar-refractivity contribution >= 4 is 5.78 Å². The second kappa shape index (κ2) is 3.86. The molecule has 0 saturated heterocycles. The maximum atomic E-state index is 11.2. The van der Waals surface area contributed by atoms with Gasteiger partial charge < -0.3 is 5.32 Å². The van der Waals surface area contributed by atoms with Crippen LogP contribution in [0.2, 0.25) is 0 Å². The number of hydrogen-bond donors (Lipinski definition) is 1. The fraction of sp³-hybridized carbons (Fsp3) is 0.889. The molecule has 0 spiro atoms. The lowest BCUT2D eigenvalue weighted by Crippen LogP contribution is -2.30. The number of likely N-dealkylation sites (N-methyl/N-ethyl adjacent to an activating group) is 1. The molecule has 1 saturated carbocycles. The highest BCUT2D eigenvalue weighted by molar-refractivity contribution is 5.83. The standard InChI is InChI=1S/C9H17NO/c1-7(10-2)9(11)6-5-8-3-4-8/h7-8,10H,3-6H2,1-2H3/t7-/m0/s1. The number of Topliss-reactive ketones (excluding diaryl/α,β-unsaturated/α-hetero) is 1. The monoisotopic (exact) mass is 155 g/mol. The Morgan fingerprint density at radius 1 is 1.64 bits per heavy atom. The van der Waals surface area contributed by atoms with Crippen molar-refractivity contribution < 1.29 is 4.79 Å². The summed E-state index contributed by atoms with van der Waals surface area (Å²) in [5, 5.41) is 2.96. The molecule has 0 unspecified atom stereocenters. The van der Waals surface area contributed by atoms with E-state index in [4.69, 9.17) is 0 Å². The van der Waals surface area contributed by atoms with Crippen LogP contribution in [0.25, 0.3) is 0 Å². The van der Waals surface area contributed by atoms with Crippen molar-refractivity contribution in [2.45, 2.75) is 38.6 Å². The summed E-state index contributed by atoms with van der Waals surface area (Å²) < 4.78 is 0. The topological polar surface area (TPSA) is 29.1 Å². The number of hydrogen-bond acceptors (Lipinski definition) is 2. The summed E-state index contributed by atoms with van der Waals surface area (Å²) in [6.07, 6.45) is 4.58. The third-order valence-corrected chi connectivity index (χ3v) is 2.41. The van der Waals surface area contributed by atoms with E-state index < -0.39 is 0 Å².